The van der Waals surface area contributed by atoms with Crippen LogP contribution in [0.15, 0.2) is 65.5 Å². The monoisotopic (exact) mass is 367 g/mol. The van der Waals surface area contributed by atoms with Crippen LogP contribution >= 0.6 is 11.3 Å². The fraction of sp³-hybridized carbons (Fsp3) is 0.200. The molecule has 3 rings (SSSR count). The second-order valence-corrected chi connectivity index (χ2v) is 6.60. The first-order valence-electron chi connectivity index (χ1n) is 8.31. The first-order valence-corrected chi connectivity index (χ1v) is 9.25. The van der Waals surface area contributed by atoms with Crippen LogP contribution < -0.4 is 10.1 Å². The van der Waals surface area contributed by atoms with E-state index in [1.54, 1.807) is 29.5 Å². The van der Waals surface area contributed by atoms with Crippen LogP contribution in [0, 0.1) is 0 Å². The third-order valence-electron chi connectivity index (χ3n) is 3.92. The summed E-state index contributed by atoms with van der Waals surface area (Å²) in [4.78, 5) is 18.8. The smallest absolute Gasteiger partial charge is 0.318 e. The van der Waals surface area contributed by atoms with Crippen LogP contribution in [0.2, 0.25) is 0 Å². The van der Waals surface area contributed by atoms with Gasteiger partial charge in [-0.15, -0.1) is 0 Å². The highest BCUT2D eigenvalue weighted by molar-refractivity contribution is 7.07. The average molecular weight is 367 g/mol. The van der Waals surface area contributed by atoms with Crippen molar-refractivity contribution in [3.05, 3.63) is 82.3 Å². The molecule has 2 amide bonds. The summed E-state index contributed by atoms with van der Waals surface area (Å²) < 4.78 is 5.16. The number of hydrogen-bond acceptors (Lipinski definition) is 4. The van der Waals surface area contributed by atoms with Gasteiger partial charge in [0.05, 0.1) is 19.3 Å². The number of urea groups is 1. The molecule has 0 spiro atoms. The van der Waals surface area contributed by atoms with Crippen molar-refractivity contribution in [1.29, 1.82) is 0 Å². The minimum Gasteiger partial charge on any atom is -0.497 e. The molecule has 0 aliphatic carbocycles. The summed E-state index contributed by atoms with van der Waals surface area (Å²) in [5, 5.41) is 7.07. The van der Waals surface area contributed by atoms with E-state index in [0.717, 1.165) is 22.6 Å². The molecule has 2 aromatic heterocycles. The number of pyridine rings is 1. The second kappa shape index (κ2) is 9.01. The number of rotatable bonds is 7. The molecule has 6 heteroatoms. The summed E-state index contributed by atoms with van der Waals surface area (Å²) >= 11 is 1.63. The number of nitrogens with one attached hydrogen (secondary N) is 1. The zero-order chi connectivity index (χ0) is 18.2. The summed E-state index contributed by atoms with van der Waals surface area (Å²) in [7, 11) is 1.64. The Morgan fingerprint density at radius 1 is 1.12 bits per heavy atom. The second-order valence-electron chi connectivity index (χ2n) is 5.82. The molecule has 26 heavy (non-hydrogen) atoms. The van der Waals surface area contributed by atoms with Gasteiger partial charge in [0.1, 0.15) is 5.75 Å². The zero-order valence-corrected chi connectivity index (χ0v) is 15.4. The van der Waals surface area contributed by atoms with E-state index in [4.69, 9.17) is 4.74 Å². The van der Waals surface area contributed by atoms with Gasteiger partial charge in [0.25, 0.3) is 0 Å². The Bertz CT molecular complexity index is 805. The molecule has 1 aromatic carbocycles. The van der Waals surface area contributed by atoms with Crippen molar-refractivity contribution in [2.75, 3.05) is 7.11 Å². The van der Waals surface area contributed by atoms with Gasteiger partial charge in [-0.1, -0.05) is 18.2 Å². The third-order valence-corrected chi connectivity index (χ3v) is 4.65. The third kappa shape index (κ3) is 5.07. The quantitative estimate of drug-likeness (QED) is 0.685. The lowest BCUT2D eigenvalue weighted by atomic mass is 10.2. The first-order chi connectivity index (χ1) is 12.7. The summed E-state index contributed by atoms with van der Waals surface area (Å²) in [6, 6.07) is 15.3. The Morgan fingerprint density at radius 2 is 1.96 bits per heavy atom. The first kappa shape index (κ1) is 17.9. The molecule has 2 heterocycles. The van der Waals surface area contributed by atoms with Gasteiger partial charge >= 0.3 is 6.03 Å². The molecule has 3 aromatic rings. The number of carbonyl (C=O) groups excluding carboxylic acids is 1. The molecule has 0 aliphatic rings. The van der Waals surface area contributed by atoms with Gasteiger partial charge < -0.3 is 15.0 Å². The minimum atomic E-state index is -0.113. The Morgan fingerprint density at radius 3 is 2.62 bits per heavy atom. The number of benzene rings is 1. The maximum Gasteiger partial charge on any atom is 0.318 e. The molecule has 1 N–H and O–H groups in total. The number of nitrogens with zero attached hydrogens (tertiary/aromatic N) is 2. The number of hydrogen-bond donors (Lipinski definition) is 1. The topological polar surface area (TPSA) is 54.5 Å². The molecule has 0 bridgehead atoms. The average Bonchev–Trinajstić information content (AvgIpc) is 3.20. The molecule has 0 fully saturated rings. The summed E-state index contributed by atoms with van der Waals surface area (Å²) in [5.74, 6) is 0.800. The standard InChI is InChI=1S/C20H21N3O2S/c1-25-19-7-5-16(6-8-19)12-22-20(24)23(13-17-9-11-26-15-17)14-18-4-2-3-10-21-18/h2-11,15H,12-14H2,1H3,(H,22,24). The van der Waals surface area contributed by atoms with E-state index in [1.165, 1.54) is 0 Å². The summed E-state index contributed by atoms with van der Waals surface area (Å²) in [6.45, 7) is 1.48. The van der Waals surface area contributed by atoms with Gasteiger partial charge in [0.2, 0.25) is 0 Å². The van der Waals surface area contributed by atoms with E-state index in [0.29, 0.717) is 19.6 Å². The van der Waals surface area contributed by atoms with Crippen molar-refractivity contribution in [2.24, 2.45) is 0 Å². The predicted octanol–water partition coefficient (Wildman–Crippen LogP) is 4.06. The Hall–Kier alpha value is -2.86. The highest BCUT2D eigenvalue weighted by Gasteiger charge is 2.15. The van der Waals surface area contributed by atoms with Gasteiger partial charge in [-0.05, 0) is 52.2 Å². The van der Waals surface area contributed by atoms with Crippen molar-refractivity contribution in [3.63, 3.8) is 0 Å². The predicted molar refractivity (Wildman–Crippen MR) is 103 cm³/mol. The lowest BCUT2D eigenvalue weighted by molar-refractivity contribution is 0.191. The Kier molecular flexibility index (Phi) is 6.22. The SMILES string of the molecule is COc1ccc(CNC(=O)N(Cc2ccsc2)Cc2ccccn2)cc1. The molecule has 0 aliphatic heterocycles. The van der Waals surface area contributed by atoms with Crippen LogP contribution in [0.25, 0.3) is 0 Å². The number of ether oxygens (including phenoxy) is 1. The van der Waals surface area contributed by atoms with Crippen molar-refractivity contribution in [3.8, 4) is 5.75 Å². The van der Waals surface area contributed by atoms with Gasteiger partial charge in [0.15, 0.2) is 0 Å². The number of thiophene rings is 1. The van der Waals surface area contributed by atoms with E-state index < -0.39 is 0 Å². The van der Waals surface area contributed by atoms with Crippen molar-refractivity contribution >= 4 is 17.4 Å². The molecule has 0 atom stereocenters. The van der Waals surface area contributed by atoms with Crippen molar-refractivity contribution < 1.29 is 9.53 Å². The van der Waals surface area contributed by atoms with Gasteiger partial charge in [0, 0.05) is 19.3 Å². The van der Waals surface area contributed by atoms with Crippen LogP contribution in [-0.2, 0) is 19.6 Å². The van der Waals surface area contributed by atoms with E-state index in [-0.39, 0.29) is 6.03 Å². The molecule has 0 saturated carbocycles. The van der Waals surface area contributed by atoms with Gasteiger partial charge in [-0.3, -0.25) is 4.98 Å². The lowest BCUT2D eigenvalue weighted by Gasteiger charge is -2.22. The molecule has 0 radical (unpaired) electrons. The van der Waals surface area contributed by atoms with E-state index in [9.17, 15) is 4.79 Å². The Balaban J connectivity index is 1.65. The van der Waals surface area contributed by atoms with Crippen LogP contribution in [0.5, 0.6) is 5.75 Å². The van der Waals surface area contributed by atoms with Crippen LogP contribution in [0.3, 0.4) is 0 Å². The van der Waals surface area contributed by atoms with E-state index in [2.05, 4.69) is 15.7 Å². The van der Waals surface area contributed by atoms with Crippen LogP contribution in [0.4, 0.5) is 4.79 Å². The number of aromatic nitrogens is 1. The largest absolute Gasteiger partial charge is 0.497 e. The van der Waals surface area contributed by atoms with E-state index >= 15 is 0 Å². The fourth-order valence-corrected chi connectivity index (χ4v) is 3.18. The molecular weight excluding hydrogens is 346 g/mol. The van der Waals surface area contributed by atoms with E-state index in [1.807, 2.05) is 53.9 Å². The highest BCUT2D eigenvalue weighted by Crippen LogP contribution is 2.13. The molecular formula is C20H21N3O2S. The number of carbonyl (C=O) groups is 1. The maximum atomic E-state index is 12.7. The minimum absolute atomic E-state index is 0.113. The van der Waals surface area contributed by atoms with Crippen molar-refractivity contribution in [2.45, 2.75) is 19.6 Å². The highest BCUT2D eigenvalue weighted by atomic mass is 32.1. The van der Waals surface area contributed by atoms with Crippen molar-refractivity contribution in [1.82, 2.24) is 15.2 Å². The molecule has 134 valence electrons. The zero-order valence-electron chi connectivity index (χ0n) is 14.6. The number of methoxy groups -OCH3 is 1. The Labute approximate surface area is 157 Å². The summed E-state index contributed by atoms with van der Waals surface area (Å²) in [5.41, 5.74) is 3.00. The molecule has 0 saturated heterocycles. The molecule has 5 nitrogen and oxygen atoms in total. The molecule has 0 unspecified atom stereocenters. The van der Waals surface area contributed by atoms with Gasteiger partial charge in [-0.2, -0.15) is 11.3 Å². The summed E-state index contributed by atoms with van der Waals surface area (Å²) in [6.07, 6.45) is 1.74. The normalized spacial score (nSPS) is 10.3. The lowest BCUT2D eigenvalue weighted by Crippen LogP contribution is -2.38. The van der Waals surface area contributed by atoms with Crippen LogP contribution in [0.1, 0.15) is 16.8 Å². The van der Waals surface area contributed by atoms with Gasteiger partial charge in [-0.25, -0.2) is 4.79 Å². The maximum absolute atomic E-state index is 12.7. The number of amides is 2. The fourth-order valence-electron chi connectivity index (χ4n) is 2.52. The van der Waals surface area contributed by atoms with Crippen LogP contribution in [-0.4, -0.2) is 23.0 Å².